The van der Waals surface area contributed by atoms with Crippen molar-refractivity contribution in [2.45, 2.75) is 6.54 Å². The van der Waals surface area contributed by atoms with Crippen LogP contribution in [0.4, 0.5) is 0 Å². The Kier molecular flexibility index (Phi) is 6.77. The highest BCUT2D eigenvalue weighted by atomic mass is 35.5. The van der Waals surface area contributed by atoms with Crippen molar-refractivity contribution in [3.8, 4) is 5.75 Å². The molecular weight excluding hydrogens is 341 g/mol. The normalized spacial score (nSPS) is 10.6. The highest BCUT2D eigenvalue weighted by Gasteiger charge is 2.16. The average Bonchev–Trinajstić information content (AvgIpc) is 3.05. The van der Waals surface area contributed by atoms with E-state index in [0.29, 0.717) is 41.3 Å². The number of carbonyl (C=O) groups excluding carboxylic acids is 1. The lowest BCUT2D eigenvalue weighted by Crippen LogP contribution is -2.36. The largest absolute Gasteiger partial charge is 0.482 e. The first-order valence-electron chi connectivity index (χ1n) is 6.97. The molecule has 0 fully saturated rings. The summed E-state index contributed by atoms with van der Waals surface area (Å²) in [5.74, 6) is 0.863. The highest BCUT2D eigenvalue weighted by molar-refractivity contribution is 6.34. The van der Waals surface area contributed by atoms with E-state index in [4.69, 9.17) is 37.1 Å². The Hall–Kier alpha value is -1.69. The number of methoxy groups -OCH3 is 1. The van der Waals surface area contributed by atoms with Gasteiger partial charge in [-0.15, -0.1) is 0 Å². The summed E-state index contributed by atoms with van der Waals surface area (Å²) in [7, 11) is 1.58. The molecule has 0 aliphatic carbocycles. The van der Waals surface area contributed by atoms with E-state index in [9.17, 15) is 4.79 Å². The first-order chi connectivity index (χ1) is 11.1. The second-order valence-corrected chi connectivity index (χ2v) is 5.59. The zero-order valence-electron chi connectivity index (χ0n) is 12.6. The predicted molar refractivity (Wildman–Crippen MR) is 88.0 cm³/mol. The molecule has 0 unspecified atom stereocenters. The first-order valence-corrected chi connectivity index (χ1v) is 7.72. The van der Waals surface area contributed by atoms with Crippen molar-refractivity contribution in [3.05, 3.63) is 52.4 Å². The fraction of sp³-hybridized carbons (Fsp3) is 0.312. The van der Waals surface area contributed by atoms with Gasteiger partial charge in [0.05, 0.1) is 24.4 Å². The lowest BCUT2D eigenvalue weighted by molar-refractivity contribution is -0.134. The van der Waals surface area contributed by atoms with Crippen molar-refractivity contribution >= 4 is 29.1 Å². The molecule has 0 radical (unpaired) electrons. The Balaban J connectivity index is 1.97. The molecule has 1 aromatic carbocycles. The number of rotatable bonds is 8. The van der Waals surface area contributed by atoms with Gasteiger partial charge < -0.3 is 18.8 Å². The van der Waals surface area contributed by atoms with E-state index in [1.807, 2.05) is 6.07 Å². The number of nitrogens with zero attached hydrogens (tertiary/aromatic N) is 1. The number of amides is 1. The van der Waals surface area contributed by atoms with Crippen LogP contribution in [0.25, 0.3) is 0 Å². The zero-order chi connectivity index (χ0) is 16.7. The molecule has 2 rings (SSSR count). The predicted octanol–water partition coefficient (Wildman–Crippen LogP) is 3.64. The third kappa shape index (κ3) is 5.46. The Morgan fingerprint density at radius 2 is 2.13 bits per heavy atom. The minimum absolute atomic E-state index is 0.148. The first kappa shape index (κ1) is 17.7. The molecular formula is C16H17Cl2NO4. The molecule has 0 bridgehead atoms. The topological polar surface area (TPSA) is 51.9 Å². The molecule has 0 saturated carbocycles. The van der Waals surface area contributed by atoms with E-state index in [1.54, 1.807) is 42.5 Å². The van der Waals surface area contributed by atoms with Crippen molar-refractivity contribution < 1.29 is 18.7 Å². The lowest BCUT2D eigenvalue weighted by Gasteiger charge is -2.21. The summed E-state index contributed by atoms with van der Waals surface area (Å²) >= 11 is 11.9. The zero-order valence-corrected chi connectivity index (χ0v) is 14.1. The molecule has 5 nitrogen and oxygen atoms in total. The Morgan fingerprint density at radius 1 is 1.30 bits per heavy atom. The number of furan rings is 1. The maximum atomic E-state index is 12.4. The minimum atomic E-state index is -0.200. The van der Waals surface area contributed by atoms with Crippen LogP contribution < -0.4 is 4.74 Å². The van der Waals surface area contributed by atoms with E-state index in [-0.39, 0.29) is 12.5 Å². The summed E-state index contributed by atoms with van der Waals surface area (Å²) in [6.45, 7) is 1.05. The van der Waals surface area contributed by atoms with Crippen LogP contribution in [0.1, 0.15) is 5.76 Å². The summed E-state index contributed by atoms with van der Waals surface area (Å²) in [6.07, 6.45) is 1.57. The molecule has 0 spiro atoms. The molecule has 0 aliphatic heterocycles. The van der Waals surface area contributed by atoms with Crippen LogP contribution in [0.5, 0.6) is 5.75 Å². The quantitative estimate of drug-likeness (QED) is 0.723. The number of carbonyl (C=O) groups is 1. The van der Waals surface area contributed by atoms with Crippen LogP contribution in [0, 0.1) is 0 Å². The van der Waals surface area contributed by atoms with Gasteiger partial charge in [-0.25, -0.2) is 0 Å². The van der Waals surface area contributed by atoms with Crippen molar-refractivity contribution in [2.24, 2.45) is 0 Å². The Labute approximate surface area is 144 Å². The number of halogens is 2. The van der Waals surface area contributed by atoms with Gasteiger partial charge in [-0.1, -0.05) is 23.2 Å². The molecule has 124 valence electrons. The molecule has 7 heteroatoms. The van der Waals surface area contributed by atoms with Gasteiger partial charge in [-0.2, -0.15) is 0 Å². The second kappa shape index (κ2) is 8.82. The van der Waals surface area contributed by atoms with Crippen molar-refractivity contribution in [1.29, 1.82) is 0 Å². The van der Waals surface area contributed by atoms with Crippen LogP contribution in [-0.2, 0) is 16.1 Å². The van der Waals surface area contributed by atoms with Crippen LogP contribution in [0.3, 0.4) is 0 Å². The van der Waals surface area contributed by atoms with E-state index in [2.05, 4.69) is 0 Å². The minimum Gasteiger partial charge on any atom is -0.482 e. The standard InChI is InChI=1S/C16H17Cl2NO4/c1-21-8-6-19(10-13-3-2-7-22-13)16(20)11-23-15-9-12(17)4-5-14(15)18/h2-5,7,9H,6,8,10-11H2,1H3. The fourth-order valence-electron chi connectivity index (χ4n) is 1.90. The molecule has 2 aromatic rings. The Morgan fingerprint density at radius 3 is 2.83 bits per heavy atom. The van der Waals surface area contributed by atoms with E-state index >= 15 is 0 Å². The SMILES string of the molecule is COCCN(Cc1ccco1)C(=O)COc1cc(Cl)ccc1Cl. The van der Waals surface area contributed by atoms with Crippen LogP contribution in [0.2, 0.25) is 10.0 Å². The molecule has 0 atom stereocenters. The summed E-state index contributed by atoms with van der Waals surface area (Å²) < 4.78 is 15.8. The van der Waals surface area contributed by atoms with Gasteiger partial charge in [0.25, 0.3) is 5.91 Å². The molecule has 1 heterocycles. The van der Waals surface area contributed by atoms with Crippen molar-refractivity contribution in [1.82, 2.24) is 4.90 Å². The summed E-state index contributed by atoms with van der Waals surface area (Å²) in [5, 5.41) is 0.889. The van der Waals surface area contributed by atoms with E-state index in [1.165, 1.54) is 0 Å². The number of ether oxygens (including phenoxy) is 2. The molecule has 1 aromatic heterocycles. The molecule has 23 heavy (non-hydrogen) atoms. The second-order valence-electron chi connectivity index (χ2n) is 4.75. The van der Waals surface area contributed by atoms with Gasteiger partial charge in [0.1, 0.15) is 11.5 Å². The average molecular weight is 358 g/mol. The van der Waals surface area contributed by atoms with Crippen LogP contribution in [-0.4, -0.2) is 37.7 Å². The van der Waals surface area contributed by atoms with Gasteiger partial charge in [0, 0.05) is 24.7 Å². The highest BCUT2D eigenvalue weighted by Crippen LogP contribution is 2.27. The molecule has 0 aliphatic rings. The lowest BCUT2D eigenvalue weighted by atomic mass is 10.3. The van der Waals surface area contributed by atoms with E-state index < -0.39 is 0 Å². The maximum Gasteiger partial charge on any atom is 0.260 e. The van der Waals surface area contributed by atoms with Crippen LogP contribution >= 0.6 is 23.2 Å². The summed E-state index contributed by atoms with van der Waals surface area (Å²) in [6, 6.07) is 8.43. The molecule has 0 saturated heterocycles. The van der Waals surface area contributed by atoms with Crippen LogP contribution in [0.15, 0.2) is 41.0 Å². The van der Waals surface area contributed by atoms with Gasteiger partial charge in [0.15, 0.2) is 6.61 Å². The van der Waals surface area contributed by atoms with Gasteiger partial charge >= 0.3 is 0 Å². The fourth-order valence-corrected chi connectivity index (χ4v) is 2.24. The summed E-state index contributed by atoms with van der Waals surface area (Å²) in [4.78, 5) is 14.0. The van der Waals surface area contributed by atoms with Gasteiger partial charge in [0.2, 0.25) is 0 Å². The summed E-state index contributed by atoms with van der Waals surface area (Å²) in [5.41, 5.74) is 0. The van der Waals surface area contributed by atoms with Crippen molar-refractivity contribution in [3.63, 3.8) is 0 Å². The van der Waals surface area contributed by atoms with Crippen molar-refractivity contribution in [2.75, 3.05) is 26.9 Å². The van der Waals surface area contributed by atoms with Gasteiger partial charge in [-0.3, -0.25) is 4.79 Å². The number of benzene rings is 1. The molecule has 1 amide bonds. The van der Waals surface area contributed by atoms with Gasteiger partial charge in [-0.05, 0) is 24.3 Å². The maximum absolute atomic E-state index is 12.4. The Bertz CT molecular complexity index is 631. The molecule has 0 N–H and O–H groups in total. The monoisotopic (exact) mass is 357 g/mol. The number of hydrogen-bond acceptors (Lipinski definition) is 4. The third-order valence-corrected chi connectivity index (χ3v) is 3.64. The van der Waals surface area contributed by atoms with E-state index in [0.717, 1.165) is 0 Å². The number of hydrogen-bond donors (Lipinski definition) is 0. The third-order valence-electron chi connectivity index (χ3n) is 3.09. The smallest absolute Gasteiger partial charge is 0.260 e.